The van der Waals surface area contributed by atoms with Crippen molar-refractivity contribution in [3.05, 3.63) is 11.7 Å². The van der Waals surface area contributed by atoms with Gasteiger partial charge >= 0.3 is 0 Å². The first-order valence-corrected chi connectivity index (χ1v) is 9.59. The molecule has 1 saturated carbocycles. The third kappa shape index (κ3) is 4.20. The first kappa shape index (κ1) is 17.0. The zero-order valence-corrected chi connectivity index (χ0v) is 14.9. The van der Waals surface area contributed by atoms with Gasteiger partial charge in [0, 0.05) is 32.2 Å². The van der Waals surface area contributed by atoms with E-state index in [1.165, 1.54) is 12.8 Å². The van der Waals surface area contributed by atoms with Crippen molar-refractivity contribution in [2.75, 3.05) is 32.8 Å². The topological polar surface area (TPSA) is 80.5 Å². The molecule has 0 radical (unpaired) electrons. The van der Waals surface area contributed by atoms with Gasteiger partial charge in [0.25, 0.3) is 0 Å². The van der Waals surface area contributed by atoms with Gasteiger partial charge in [-0.25, -0.2) is 0 Å². The van der Waals surface area contributed by atoms with Gasteiger partial charge in [0.1, 0.15) is 0 Å². The van der Waals surface area contributed by atoms with Gasteiger partial charge in [0.2, 0.25) is 11.8 Å². The molecule has 0 aromatic carbocycles. The van der Waals surface area contributed by atoms with Crippen molar-refractivity contribution in [1.82, 2.24) is 20.4 Å². The van der Waals surface area contributed by atoms with Crippen LogP contribution in [0.25, 0.3) is 0 Å². The van der Waals surface area contributed by atoms with E-state index in [2.05, 4.69) is 20.4 Å². The molecule has 0 spiro atoms. The van der Waals surface area contributed by atoms with E-state index in [1.807, 2.05) is 6.92 Å². The smallest absolute Gasteiger partial charge is 0.231 e. The molecule has 4 rings (SSSR count). The Morgan fingerprint density at radius 1 is 1.24 bits per heavy atom. The fraction of sp³-hybridized carbons (Fsp3) is 0.833. The lowest BCUT2D eigenvalue weighted by Gasteiger charge is -2.38. The van der Waals surface area contributed by atoms with Crippen molar-refractivity contribution in [3.63, 3.8) is 0 Å². The SMILES string of the molecule is Cc1noc([C@H]2CCN(CC3CC3)C[C@H]2NC(=O)C2CCOCC2)n1. The van der Waals surface area contributed by atoms with Crippen molar-refractivity contribution < 1.29 is 14.1 Å². The van der Waals surface area contributed by atoms with Crippen LogP contribution < -0.4 is 5.32 Å². The molecule has 7 heteroatoms. The summed E-state index contributed by atoms with van der Waals surface area (Å²) in [6.07, 6.45) is 5.28. The lowest BCUT2D eigenvalue weighted by molar-refractivity contribution is -0.129. The van der Waals surface area contributed by atoms with Crippen LogP contribution >= 0.6 is 0 Å². The summed E-state index contributed by atoms with van der Waals surface area (Å²) in [6.45, 7) is 6.26. The van der Waals surface area contributed by atoms with Gasteiger partial charge in [0.15, 0.2) is 5.82 Å². The summed E-state index contributed by atoms with van der Waals surface area (Å²) in [5, 5.41) is 7.25. The number of ether oxygens (including phenoxy) is 1. The quantitative estimate of drug-likeness (QED) is 0.868. The van der Waals surface area contributed by atoms with E-state index in [9.17, 15) is 4.79 Å². The Morgan fingerprint density at radius 2 is 2.04 bits per heavy atom. The minimum Gasteiger partial charge on any atom is -0.381 e. The molecule has 2 atom stereocenters. The molecule has 7 nitrogen and oxygen atoms in total. The summed E-state index contributed by atoms with van der Waals surface area (Å²) in [4.78, 5) is 19.7. The van der Waals surface area contributed by atoms with Crippen molar-refractivity contribution in [1.29, 1.82) is 0 Å². The second-order valence-electron chi connectivity index (χ2n) is 7.78. The fourth-order valence-corrected chi connectivity index (χ4v) is 4.02. The Labute approximate surface area is 148 Å². The number of nitrogens with one attached hydrogen (secondary N) is 1. The third-order valence-electron chi connectivity index (χ3n) is 5.69. The average molecular weight is 348 g/mol. The molecule has 1 N–H and O–H groups in total. The molecule has 3 aliphatic rings. The maximum atomic E-state index is 12.7. The maximum absolute atomic E-state index is 12.7. The number of likely N-dealkylation sites (tertiary alicyclic amines) is 1. The Bertz CT molecular complexity index is 595. The van der Waals surface area contributed by atoms with E-state index >= 15 is 0 Å². The molecule has 0 unspecified atom stereocenters. The molecule has 3 heterocycles. The molecule has 2 saturated heterocycles. The number of rotatable bonds is 5. The molecule has 2 aliphatic heterocycles. The molecule has 0 bridgehead atoms. The van der Waals surface area contributed by atoms with Crippen LogP contribution in [0.2, 0.25) is 0 Å². The largest absolute Gasteiger partial charge is 0.381 e. The lowest BCUT2D eigenvalue weighted by Crippen LogP contribution is -2.53. The lowest BCUT2D eigenvalue weighted by atomic mass is 9.89. The van der Waals surface area contributed by atoms with Crippen LogP contribution in [-0.2, 0) is 9.53 Å². The number of aryl methyl sites for hydroxylation is 1. The number of carbonyl (C=O) groups excluding carboxylic acids is 1. The van der Waals surface area contributed by atoms with Crippen molar-refractivity contribution in [2.45, 2.75) is 51.0 Å². The number of amides is 1. The fourth-order valence-electron chi connectivity index (χ4n) is 4.02. The van der Waals surface area contributed by atoms with E-state index in [4.69, 9.17) is 9.26 Å². The van der Waals surface area contributed by atoms with Crippen LogP contribution in [0.4, 0.5) is 0 Å². The predicted molar refractivity (Wildman–Crippen MR) is 91.0 cm³/mol. The monoisotopic (exact) mass is 348 g/mol. The van der Waals surface area contributed by atoms with Gasteiger partial charge < -0.3 is 19.5 Å². The number of nitrogens with zero attached hydrogens (tertiary/aromatic N) is 3. The third-order valence-corrected chi connectivity index (χ3v) is 5.69. The highest BCUT2D eigenvalue weighted by Crippen LogP contribution is 2.33. The molecule has 1 aliphatic carbocycles. The summed E-state index contributed by atoms with van der Waals surface area (Å²) < 4.78 is 10.8. The van der Waals surface area contributed by atoms with Crippen LogP contribution in [0.15, 0.2) is 4.52 Å². The number of carbonyl (C=O) groups is 1. The van der Waals surface area contributed by atoms with E-state index < -0.39 is 0 Å². The summed E-state index contributed by atoms with van der Waals surface area (Å²) >= 11 is 0. The zero-order chi connectivity index (χ0) is 17.2. The van der Waals surface area contributed by atoms with E-state index in [0.717, 1.165) is 44.8 Å². The summed E-state index contributed by atoms with van der Waals surface area (Å²) in [5.41, 5.74) is 0. The van der Waals surface area contributed by atoms with Crippen LogP contribution in [0.1, 0.15) is 49.7 Å². The molecule has 138 valence electrons. The molecule has 1 amide bonds. The maximum Gasteiger partial charge on any atom is 0.231 e. The van der Waals surface area contributed by atoms with E-state index in [-0.39, 0.29) is 23.8 Å². The first-order chi connectivity index (χ1) is 12.2. The molecular formula is C18H28N4O3. The van der Waals surface area contributed by atoms with Gasteiger partial charge in [-0.05, 0) is 51.5 Å². The van der Waals surface area contributed by atoms with Gasteiger partial charge in [-0.1, -0.05) is 5.16 Å². The summed E-state index contributed by atoms with van der Waals surface area (Å²) in [5.74, 6) is 2.51. The highest BCUT2D eigenvalue weighted by atomic mass is 16.5. The molecule has 3 fully saturated rings. The van der Waals surface area contributed by atoms with Gasteiger partial charge in [0.05, 0.1) is 12.0 Å². The van der Waals surface area contributed by atoms with Crippen LogP contribution in [0.3, 0.4) is 0 Å². The molecule has 1 aromatic rings. The Hall–Kier alpha value is -1.47. The summed E-state index contributed by atoms with van der Waals surface area (Å²) in [6, 6.07) is 0.0442. The normalized spacial score (nSPS) is 28.8. The molecular weight excluding hydrogens is 320 g/mol. The highest BCUT2D eigenvalue weighted by Gasteiger charge is 2.37. The van der Waals surface area contributed by atoms with Gasteiger partial charge in [-0.2, -0.15) is 4.98 Å². The molecule has 1 aromatic heterocycles. The Morgan fingerprint density at radius 3 is 2.72 bits per heavy atom. The van der Waals surface area contributed by atoms with Crippen LogP contribution in [0, 0.1) is 18.8 Å². The number of hydrogen-bond acceptors (Lipinski definition) is 6. The van der Waals surface area contributed by atoms with E-state index in [1.54, 1.807) is 0 Å². The molecule has 25 heavy (non-hydrogen) atoms. The predicted octanol–water partition coefficient (Wildman–Crippen LogP) is 1.49. The number of piperidine rings is 1. The van der Waals surface area contributed by atoms with Crippen molar-refractivity contribution in [3.8, 4) is 0 Å². The van der Waals surface area contributed by atoms with Crippen molar-refractivity contribution >= 4 is 5.91 Å². The second kappa shape index (κ2) is 7.41. The minimum absolute atomic E-state index is 0.0442. The standard InChI is InChI=1S/C18H28N4O3/c1-12-19-18(25-21-12)15-4-7-22(10-13-2-3-13)11-16(15)20-17(23)14-5-8-24-9-6-14/h13-16H,2-11H2,1H3,(H,20,23)/t15-,16+/m0/s1. The number of aromatic nitrogens is 2. The first-order valence-electron chi connectivity index (χ1n) is 9.59. The average Bonchev–Trinajstić information content (AvgIpc) is 3.34. The zero-order valence-electron chi connectivity index (χ0n) is 14.9. The van der Waals surface area contributed by atoms with Crippen LogP contribution in [-0.4, -0.2) is 59.8 Å². The minimum atomic E-state index is 0.0442. The highest BCUT2D eigenvalue weighted by molar-refractivity contribution is 5.79. The Balaban J connectivity index is 1.44. The van der Waals surface area contributed by atoms with Gasteiger partial charge in [-0.15, -0.1) is 0 Å². The number of hydrogen-bond donors (Lipinski definition) is 1. The van der Waals surface area contributed by atoms with Crippen LogP contribution in [0.5, 0.6) is 0 Å². The van der Waals surface area contributed by atoms with Gasteiger partial charge in [-0.3, -0.25) is 4.79 Å². The second-order valence-corrected chi connectivity index (χ2v) is 7.78. The van der Waals surface area contributed by atoms with Crippen molar-refractivity contribution in [2.24, 2.45) is 11.8 Å². The Kier molecular flexibility index (Phi) is 5.03. The summed E-state index contributed by atoms with van der Waals surface area (Å²) in [7, 11) is 0. The van der Waals surface area contributed by atoms with E-state index in [0.29, 0.717) is 24.9 Å².